The maximum Gasteiger partial charge on any atom is 0.339 e. The fraction of sp³-hybridized carbons (Fsp3) is 0.174. The molecule has 0 bridgehead atoms. The molecule has 31 heavy (non-hydrogen) atoms. The minimum absolute atomic E-state index is 0.0632. The number of amides is 1. The Hall–Kier alpha value is -3.76. The van der Waals surface area contributed by atoms with E-state index in [4.69, 9.17) is 26.8 Å². The molecule has 1 amide bonds. The van der Waals surface area contributed by atoms with Crippen LogP contribution in [0.25, 0.3) is 0 Å². The Kier molecular flexibility index (Phi) is 4.96. The van der Waals surface area contributed by atoms with E-state index in [1.165, 1.54) is 18.9 Å². The minimum Gasteiger partial charge on any atom is -0.466 e. The molecule has 2 aliphatic rings. The second-order valence-corrected chi connectivity index (χ2v) is 7.60. The highest BCUT2D eigenvalue weighted by Crippen LogP contribution is 2.54. The van der Waals surface area contributed by atoms with Gasteiger partial charge < -0.3 is 20.1 Å². The third kappa shape index (κ3) is 2.87. The van der Waals surface area contributed by atoms with Crippen molar-refractivity contribution in [2.75, 3.05) is 12.0 Å². The molecule has 0 radical (unpaired) electrons. The number of hydrogen-bond donors (Lipinski definition) is 1. The number of ether oxygens (including phenoxy) is 2. The quantitative estimate of drug-likeness (QED) is 0.741. The topological polar surface area (TPSA) is 106 Å². The van der Waals surface area contributed by atoms with Gasteiger partial charge in [-0.25, -0.2) is 4.79 Å². The van der Waals surface area contributed by atoms with E-state index in [-0.39, 0.29) is 29.3 Å². The minimum atomic E-state index is -1.76. The molecule has 0 aromatic heterocycles. The zero-order chi connectivity index (χ0) is 22.3. The molecule has 8 heteroatoms. The van der Waals surface area contributed by atoms with Crippen molar-refractivity contribution in [1.29, 1.82) is 5.26 Å². The van der Waals surface area contributed by atoms with Gasteiger partial charge in [0.1, 0.15) is 23.0 Å². The predicted octanol–water partition coefficient (Wildman–Crippen LogP) is 3.30. The molecule has 2 heterocycles. The summed E-state index contributed by atoms with van der Waals surface area (Å²) in [5, 5.41) is 10.5. The third-order valence-corrected chi connectivity index (χ3v) is 5.74. The Morgan fingerprint density at radius 3 is 2.71 bits per heavy atom. The van der Waals surface area contributed by atoms with Gasteiger partial charge in [0, 0.05) is 16.3 Å². The molecule has 2 aromatic rings. The molecule has 0 unspecified atom stereocenters. The molecule has 0 saturated carbocycles. The lowest BCUT2D eigenvalue weighted by Crippen LogP contribution is -2.48. The van der Waals surface area contributed by atoms with Crippen LogP contribution in [-0.2, 0) is 31.0 Å². The van der Waals surface area contributed by atoms with Gasteiger partial charge in [-0.3, -0.25) is 4.79 Å². The summed E-state index contributed by atoms with van der Waals surface area (Å²) in [6.45, 7) is 1.70. The van der Waals surface area contributed by atoms with Crippen molar-refractivity contribution < 1.29 is 19.1 Å². The number of anilines is 1. The second kappa shape index (κ2) is 7.49. The highest BCUT2D eigenvalue weighted by molar-refractivity contribution is 6.30. The van der Waals surface area contributed by atoms with Crippen LogP contribution < -0.4 is 10.6 Å². The second-order valence-electron chi connectivity index (χ2n) is 7.16. The predicted molar refractivity (Wildman–Crippen MR) is 113 cm³/mol. The SMILES string of the molecule is COC(=O)C1=C(C)OC(N)=C(C#N)[C@@]12C(=O)N(Cc1cccc(Cl)c1)c1ccccc12. The average molecular weight is 436 g/mol. The maximum atomic E-state index is 14.1. The van der Waals surface area contributed by atoms with Gasteiger partial charge >= 0.3 is 5.97 Å². The van der Waals surface area contributed by atoms with E-state index in [1.54, 1.807) is 42.5 Å². The largest absolute Gasteiger partial charge is 0.466 e. The molecule has 0 fully saturated rings. The number of nitrogens with zero attached hydrogens (tertiary/aromatic N) is 2. The number of hydrogen-bond acceptors (Lipinski definition) is 6. The van der Waals surface area contributed by atoms with Crippen molar-refractivity contribution in [2.45, 2.75) is 18.9 Å². The van der Waals surface area contributed by atoms with Gasteiger partial charge in [-0.1, -0.05) is 41.9 Å². The van der Waals surface area contributed by atoms with Gasteiger partial charge in [0.05, 0.1) is 13.7 Å². The van der Waals surface area contributed by atoms with Crippen LogP contribution in [0.3, 0.4) is 0 Å². The molecule has 1 spiro atoms. The number of methoxy groups -OCH3 is 1. The summed E-state index contributed by atoms with van der Waals surface area (Å²) in [4.78, 5) is 28.4. The van der Waals surface area contributed by atoms with Crippen molar-refractivity contribution in [3.63, 3.8) is 0 Å². The first-order valence-electron chi connectivity index (χ1n) is 9.40. The number of halogens is 1. The van der Waals surface area contributed by atoms with Gasteiger partial charge in [-0.05, 0) is 30.7 Å². The Labute approximate surface area is 183 Å². The van der Waals surface area contributed by atoms with Crippen molar-refractivity contribution in [1.82, 2.24) is 0 Å². The van der Waals surface area contributed by atoms with E-state index in [0.29, 0.717) is 16.3 Å². The van der Waals surface area contributed by atoms with Gasteiger partial charge in [0.25, 0.3) is 0 Å². The van der Waals surface area contributed by atoms with Crippen LogP contribution in [-0.4, -0.2) is 19.0 Å². The Morgan fingerprint density at radius 2 is 2.03 bits per heavy atom. The summed E-state index contributed by atoms with van der Waals surface area (Å²) in [6.07, 6.45) is 0. The lowest BCUT2D eigenvalue weighted by Gasteiger charge is -2.34. The van der Waals surface area contributed by atoms with E-state index in [9.17, 15) is 14.9 Å². The van der Waals surface area contributed by atoms with Crippen molar-refractivity contribution in [2.24, 2.45) is 5.73 Å². The van der Waals surface area contributed by atoms with E-state index in [1.807, 2.05) is 12.1 Å². The molecule has 2 N–H and O–H groups in total. The number of para-hydroxylation sites is 1. The molecule has 1 atom stereocenters. The summed E-state index contributed by atoms with van der Waals surface area (Å²) < 4.78 is 10.4. The first-order chi connectivity index (χ1) is 14.9. The van der Waals surface area contributed by atoms with Crippen LogP contribution in [0.5, 0.6) is 0 Å². The molecular weight excluding hydrogens is 418 g/mol. The zero-order valence-electron chi connectivity index (χ0n) is 16.8. The molecular formula is C23H18ClN3O4. The fourth-order valence-electron chi connectivity index (χ4n) is 4.29. The number of nitriles is 1. The van der Waals surface area contributed by atoms with Crippen LogP contribution in [0.15, 0.2) is 71.3 Å². The van der Waals surface area contributed by atoms with Crippen molar-refractivity contribution in [3.05, 3.63) is 87.5 Å². The molecule has 2 aromatic carbocycles. The first kappa shape index (κ1) is 20.5. The summed E-state index contributed by atoms with van der Waals surface area (Å²) in [6, 6.07) is 16.1. The third-order valence-electron chi connectivity index (χ3n) is 5.51. The monoisotopic (exact) mass is 435 g/mol. The number of esters is 1. The van der Waals surface area contributed by atoms with Gasteiger partial charge in [-0.15, -0.1) is 0 Å². The molecule has 0 saturated heterocycles. The fourth-order valence-corrected chi connectivity index (χ4v) is 4.50. The highest BCUT2D eigenvalue weighted by atomic mass is 35.5. The maximum absolute atomic E-state index is 14.1. The lowest BCUT2D eigenvalue weighted by molar-refractivity contribution is -0.138. The molecule has 0 aliphatic carbocycles. The Morgan fingerprint density at radius 1 is 1.29 bits per heavy atom. The number of rotatable bonds is 3. The molecule has 156 valence electrons. The number of fused-ring (bicyclic) bond motifs is 2. The van der Waals surface area contributed by atoms with Crippen LogP contribution in [0.4, 0.5) is 5.69 Å². The molecule has 2 aliphatic heterocycles. The van der Waals surface area contributed by atoms with E-state index < -0.39 is 17.3 Å². The summed E-state index contributed by atoms with van der Waals surface area (Å²) in [5.41, 5.74) is 5.87. The zero-order valence-corrected chi connectivity index (χ0v) is 17.6. The van der Waals surface area contributed by atoms with Gasteiger partial charge in [0.2, 0.25) is 11.8 Å². The van der Waals surface area contributed by atoms with Gasteiger partial charge in [-0.2, -0.15) is 5.26 Å². The highest BCUT2D eigenvalue weighted by Gasteiger charge is 2.62. The first-order valence-corrected chi connectivity index (χ1v) is 9.77. The number of nitrogens with two attached hydrogens (primary N) is 1. The Bertz CT molecular complexity index is 1230. The van der Waals surface area contributed by atoms with Crippen LogP contribution >= 0.6 is 11.6 Å². The molecule has 7 nitrogen and oxygen atoms in total. The van der Waals surface area contributed by atoms with Gasteiger partial charge in [0.15, 0.2) is 5.41 Å². The molecule has 4 rings (SSSR count). The Balaban J connectivity index is 2.00. The number of carbonyl (C=O) groups excluding carboxylic acids is 2. The number of allylic oxidation sites excluding steroid dienone is 1. The van der Waals surface area contributed by atoms with E-state index >= 15 is 0 Å². The summed E-state index contributed by atoms with van der Waals surface area (Å²) in [5.74, 6) is -1.38. The summed E-state index contributed by atoms with van der Waals surface area (Å²) in [7, 11) is 1.21. The van der Waals surface area contributed by atoms with Crippen LogP contribution in [0, 0.1) is 11.3 Å². The smallest absolute Gasteiger partial charge is 0.339 e. The summed E-state index contributed by atoms with van der Waals surface area (Å²) >= 11 is 6.12. The number of carbonyl (C=O) groups is 2. The van der Waals surface area contributed by atoms with Crippen molar-refractivity contribution in [3.8, 4) is 6.07 Å². The standard InChI is InChI=1S/C23H18ClN3O4/c1-13-19(21(28)30-2)23(17(11-25)20(26)31-13)16-8-3-4-9-18(16)27(22(23)29)12-14-6-5-7-15(24)10-14/h3-10H,12,26H2,1-2H3/t23-/m1/s1. The van der Waals surface area contributed by atoms with Crippen molar-refractivity contribution >= 4 is 29.2 Å². The normalized spacial score (nSPS) is 19.9. The average Bonchev–Trinajstić information content (AvgIpc) is 2.97. The lowest BCUT2D eigenvalue weighted by atomic mass is 9.68. The van der Waals surface area contributed by atoms with E-state index in [0.717, 1.165) is 5.56 Å². The van der Waals surface area contributed by atoms with E-state index in [2.05, 4.69) is 0 Å². The number of benzene rings is 2. The van der Waals surface area contributed by atoms with Crippen LogP contribution in [0.1, 0.15) is 18.1 Å². The van der Waals surface area contributed by atoms with Crippen LogP contribution in [0.2, 0.25) is 5.02 Å².